The van der Waals surface area contributed by atoms with Crippen LogP contribution in [-0.2, 0) is 24.2 Å². The molecule has 0 bridgehead atoms. The summed E-state index contributed by atoms with van der Waals surface area (Å²) < 4.78 is 70.8. The summed E-state index contributed by atoms with van der Waals surface area (Å²) in [5.41, 5.74) is 5.53. The van der Waals surface area contributed by atoms with Crippen molar-refractivity contribution in [3.05, 3.63) is 100 Å². The maximum Gasteiger partial charge on any atom is 0.282 e. The van der Waals surface area contributed by atoms with Gasteiger partial charge in [-0.15, -0.1) is 0 Å². The van der Waals surface area contributed by atoms with Crippen LogP contribution < -0.4 is 11.1 Å². The van der Waals surface area contributed by atoms with E-state index in [1.54, 1.807) is 0 Å². The lowest BCUT2D eigenvalue weighted by Crippen LogP contribution is -2.34. The number of aromatic nitrogens is 4. The molecule has 0 radical (unpaired) electrons. The normalized spacial score (nSPS) is 15.3. The number of primary amides is 1. The molecule has 2 aromatic heterocycles. The molecule has 0 saturated heterocycles. The zero-order valence-electron chi connectivity index (χ0n) is 22.4. The quantitative estimate of drug-likeness (QED) is 0.246. The lowest BCUT2D eigenvalue weighted by molar-refractivity contribution is -0.122. The largest absolute Gasteiger partial charge is 0.387 e. The average molecular weight is 601 g/mol. The van der Waals surface area contributed by atoms with Crippen molar-refractivity contribution in [2.45, 2.75) is 50.8 Å². The van der Waals surface area contributed by atoms with Crippen LogP contribution in [0.3, 0.4) is 0 Å². The number of alkyl halides is 2. The Bertz CT molecular complexity index is 1680. The summed E-state index contributed by atoms with van der Waals surface area (Å²) in [6.07, 6.45) is -0.606. The van der Waals surface area contributed by atoms with Crippen molar-refractivity contribution in [1.29, 1.82) is 0 Å². The van der Waals surface area contributed by atoms with Gasteiger partial charge in [-0.1, -0.05) is 6.07 Å². The monoisotopic (exact) mass is 600 g/mol. The summed E-state index contributed by atoms with van der Waals surface area (Å²) in [5.74, 6) is -4.32. The van der Waals surface area contributed by atoms with E-state index in [0.717, 1.165) is 29.2 Å². The van der Waals surface area contributed by atoms with E-state index >= 15 is 0 Å². The minimum atomic E-state index is -2.91. The van der Waals surface area contributed by atoms with Crippen LogP contribution in [0.2, 0.25) is 0 Å². The van der Waals surface area contributed by atoms with Gasteiger partial charge in [0.2, 0.25) is 5.91 Å². The predicted molar refractivity (Wildman–Crippen MR) is 142 cm³/mol. The summed E-state index contributed by atoms with van der Waals surface area (Å²) in [4.78, 5) is 33.4. The number of benzene rings is 2. The SMILES string of the molecule is NC(=O)c1cc(-c2cncnc2[C@H](Cc2cc(F)cc(F)c2)NC(=O)Cn2nc(C(F)F)c3c2C(O)CCC3)ccc1F. The molecule has 4 N–H and O–H groups in total. The lowest BCUT2D eigenvalue weighted by Gasteiger charge is -2.23. The molecule has 2 amide bonds. The van der Waals surface area contributed by atoms with Gasteiger partial charge in [-0.05, 0) is 61.1 Å². The van der Waals surface area contributed by atoms with E-state index in [-0.39, 0.29) is 46.5 Å². The lowest BCUT2D eigenvalue weighted by atomic mass is 9.93. The molecule has 1 aliphatic carbocycles. The Balaban J connectivity index is 1.53. The highest BCUT2D eigenvalue weighted by atomic mass is 19.3. The third-order valence-corrected chi connectivity index (χ3v) is 7.16. The van der Waals surface area contributed by atoms with Crippen molar-refractivity contribution >= 4 is 11.8 Å². The summed E-state index contributed by atoms with van der Waals surface area (Å²) in [6.45, 7) is -0.553. The molecule has 14 heteroatoms. The number of carbonyl (C=O) groups is 2. The number of amides is 2. The molecule has 0 fully saturated rings. The van der Waals surface area contributed by atoms with Gasteiger partial charge >= 0.3 is 0 Å². The van der Waals surface area contributed by atoms with Gasteiger partial charge in [0.05, 0.1) is 29.1 Å². The molecular weight excluding hydrogens is 575 g/mol. The molecule has 5 rings (SSSR count). The number of rotatable bonds is 9. The van der Waals surface area contributed by atoms with Gasteiger partial charge < -0.3 is 16.2 Å². The van der Waals surface area contributed by atoms with E-state index < -0.39 is 65.6 Å². The van der Waals surface area contributed by atoms with Gasteiger partial charge in [0, 0.05) is 23.4 Å². The second kappa shape index (κ2) is 12.3. The first-order valence-electron chi connectivity index (χ1n) is 13.2. The number of aliphatic hydroxyl groups excluding tert-OH is 1. The van der Waals surface area contributed by atoms with Crippen LogP contribution >= 0.6 is 0 Å². The third kappa shape index (κ3) is 6.38. The second-order valence-electron chi connectivity index (χ2n) is 10.1. The van der Waals surface area contributed by atoms with Gasteiger partial charge in [-0.2, -0.15) is 5.10 Å². The molecule has 2 heterocycles. The zero-order chi connectivity index (χ0) is 30.8. The predicted octanol–water partition coefficient (Wildman–Crippen LogP) is 4.26. The van der Waals surface area contributed by atoms with Gasteiger partial charge in [0.1, 0.15) is 36.0 Å². The topological polar surface area (TPSA) is 136 Å². The molecule has 43 heavy (non-hydrogen) atoms. The van der Waals surface area contributed by atoms with Crippen LogP contribution in [-0.4, -0.2) is 36.7 Å². The number of carbonyl (C=O) groups excluding carboxylic acids is 2. The zero-order valence-corrected chi connectivity index (χ0v) is 22.4. The van der Waals surface area contributed by atoms with Crippen molar-refractivity contribution in [3.8, 4) is 11.1 Å². The number of fused-ring (bicyclic) bond motifs is 1. The molecule has 9 nitrogen and oxygen atoms in total. The molecule has 1 unspecified atom stereocenters. The van der Waals surface area contributed by atoms with Crippen LogP contribution in [0.5, 0.6) is 0 Å². The number of aliphatic hydroxyl groups is 1. The van der Waals surface area contributed by atoms with Gasteiger partial charge in [0.25, 0.3) is 12.3 Å². The van der Waals surface area contributed by atoms with E-state index in [4.69, 9.17) is 5.73 Å². The number of nitrogens with zero attached hydrogens (tertiary/aromatic N) is 4. The minimum Gasteiger partial charge on any atom is -0.387 e. The van der Waals surface area contributed by atoms with E-state index in [1.807, 2.05) is 0 Å². The first kappa shape index (κ1) is 29.8. The Hall–Kier alpha value is -4.72. The number of hydrogen-bond acceptors (Lipinski definition) is 6. The standard InChI is InChI=1S/C29H25F5N6O3/c30-16-6-14(7-17(31)10-16)8-22(25-20(11-36-13-37-25)15-4-5-21(32)19(9-15)29(35)43)38-24(42)12-40-27-18(2-1-3-23(27)41)26(39-40)28(33)34/h4-7,9-11,13,22-23,28,41H,1-3,8,12H2,(H2,35,43)(H,38,42)/t22-,23?/m0/s1. The van der Waals surface area contributed by atoms with Gasteiger partial charge in [-0.25, -0.2) is 31.9 Å². The van der Waals surface area contributed by atoms with Crippen LogP contribution in [0.25, 0.3) is 11.1 Å². The van der Waals surface area contributed by atoms with E-state index in [9.17, 15) is 36.6 Å². The van der Waals surface area contributed by atoms with E-state index in [0.29, 0.717) is 18.9 Å². The second-order valence-corrected chi connectivity index (χ2v) is 10.1. The Morgan fingerprint density at radius 2 is 1.84 bits per heavy atom. The van der Waals surface area contributed by atoms with Crippen molar-refractivity contribution in [3.63, 3.8) is 0 Å². The highest BCUT2D eigenvalue weighted by Gasteiger charge is 2.32. The highest BCUT2D eigenvalue weighted by molar-refractivity contribution is 5.94. The van der Waals surface area contributed by atoms with Crippen LogP contribution in [0.15, 0.2) is 48.9 Å². The molecule has 0 saturated carbocycles. The molecule has 224 valence electrons. The first-order valence-corrected chi connectivity index (χ1v) is 13.2. The maximum absolute atomic E-state index is 14.2. The van der Waals surface area contributed by atoms with Gasteiger partial charge in [0.15, 0.2) is 0 Å². The third-order valence-electron chi connectivity index (χ3n) is 7.16. The number of nitrogens with two attached hydrogens (primary N) is 1. The van der Waals surface area contributed by atoms with E-state index in [1.165, 1.54) is 18.3 Å². The van der Waals surface area contributed by atoms with Crippen LogP contribution in [0.1, 0.15) is 70.0 Å². The summed E-state index contributed by atoms with van der Waals surface area (Å²) in [6, 6.07) is 5.29. The molecule has 4 aromatic rings. The Morgan fingerprint density at radius 3 is 2.53 bits per heavy atom. The molecule has 0 aliphatic heterocycles. The summed E-state index contributed by atoms with van der Waals surface area (Å²) >= 11 is 0. The highest BCUT2D eigenvalue weighted by Crippen LogP contribution is 2.36. The first-order chi connectivity index (χ1) is 20.5. The Labute approximate surface area is 241 Å². The van der Waals surface area contributed by atoms with Crippen LogP contribution in [0, 0.1) is 17.5 Å². The van der Waals surface area contributed by atoms with Crippen molar-refractivity contribution in [2.24, 2.45) is 5.73 Å². The van der Waals surface area contributed by atoms with Crippen molar-refractivity contribution in [2.75, 3.05) is 0 Å². The molecule has 1 aliphatic rings. The minimum absolute atomic E-state index is 0.133. The number of hydrogen-bond donors (Lipinski definition) is 3. The molecular formula is C29H25F5N6O3. The summed E-state index contributed by atoms with van der Waals surface area (Å²) in [5, 5.41) is 17.1. The number of nitrogens with one attached hydrogen (secondary N) is 1. The molecule has 2 atom stereocenters. The average Bonchev–Trinajstić information content (AvgIpc) is 3.32. The fraction of sp³-hybridized carbons (Fsp3) is 0.276. The van der Waals surface area contributed by atoms with Crippen molar-refractivity contribution < 1.29 is 36.6 Å². The number of halogens is 5. The summed E-state index contributed by atoms with van der Waals surface area (Å²) in [7, 11) is 0. The van der Waals surface area contributed by atoms with Gasteiger partial charge in [-0.3, -0.25) is 14.3 Å². The Morgan fingerprint density at radius 1 is 1.09 bits per heavy atom. The fourth-order valence-corrected chi connectivity index (χ4v) is 5.34. The van der Waals surface area contributed by atoms with Crippen molar-refractivity contribution in [1.82, 2.24) is 25.1 Å². The Kier molecular flexibility index (Phi) is 8.48. The smallest absolute Gasteiger partial charge is 0.282 e. The fourth-order valence-electron chi connectivity index (χ4n) is 5.34. The molecule has 2 aromatic carbocycles. The molecule has 0 spiro atoms. The van der Waals surface area contributed by atoms with Crippen LogP contribution in [0.4, 0.5) is 22.0 Å². The maximum atomic E-state index is 14.2. The van der Waals surface area contributed by atoms with E-state index in [2.05, 4.69) is 20.4 Å².